The Hall–Kier alpha value is -3.23. The molecule has 0 aliphatic rings. The van der Waals surface area contributed by atoms with Crippen LogP contribution in [0, 0.1) is 27.7 Å². The summed E-state index contributed by atoms with van der Waals surface area (Å²) in [5.74, 6) is -1.31. The highest BCUT2D eigenvalue weighted by atomic mass is 32.2. The predicted octanol–water partition coefficient (Wildman–Crippen LogP) is 1.64. The Morgan fingerprint density at radius 2 is 1.48 bits per heavy atom. The molecule has 0 fully saturated rings. The number of nitrogens with one attached hydrogen (secondary N) is 1. The lowest BCUT2D eigenvalue weighted by atomic mass is 10.1. The predicted molar refractivity (Wildman–Crippen MR) is 112 cm³/mol. The van der Waals surface area contributed by atoms with Crippen LogP contribution in [0.15, 0.2) is 43.1 Å². The SMILES string of the molecule is Cc1noc(C)c1S(=O)(=O)NC(Cc1ccc(OS(=O)(=O)c2c(C)noc2C)cc1)C(=O)O. The van der Waals surface area contributed by atoms with E-state index >= 15 is 0 Å². The highest BCUT2D eigenvalue weighted by Gasteiger charge is 2.31. The summed E-state index contributed by atoms with van der Waals surface area (Å²) >= 11 is 0. The summed E-state index contributed by atoms with van der Waals surface area (Å²) in [6, 6.07) is 4.01. The monoisotopic (exact) mass is 499 g/mol. The molecule has 0 spiro atoms. The fraction of sp³-hybridized carbons (Fsp3) is 0.316. The van der Waals surface area contributed by atoms with E-state index in [1.807, 2.05) is 0 Å². The van der Waals surface area contributed by atoms with Crippen molar-refractivity contribution >= 4 is 26.1 Å². The molecule has 3 aromatic rings. The number of carboxylic acids is 1. The molecule has 0 aliphatic carbocycles. The number of aryl methyl sites for hydroxylation is 4. The van der Waals surface area contributed by atoms with Gasteiger partial charge >= 0.3 is 16.1 Å². The quantitative estimate of drug-likeness (QED) is 0.409. The van der Waals surface area contributed by atoms with Crippen LogP contribution in [0.4, 0.5) is 0 Å². The maximum absolute atomic E-state index is 12.6. The third-order valence-electron chi connectivity index (χ3n) is 4.62. The van der Waals surface area contributed by atoms with Gasteiger partial charge in [0.2, 0.25) is 10.0 Å². The van der Waals surface area contributed by atoms with E-state index in [1.54, 1.807) is 0 Å². The summed E-state index contributed by atoms with van der Waals surface area (Å²) in [6.07, 6.45) is -0.213. The van der Waals surface area contributed by atoms with Crippen molar-refractivity contribution in [1.29, 1.82) is 0 Å². The van der Waals surface area contributed by atoms with Gasteiger partial charge in [0.05, 0.1) is 0 Å². The Balaban J connectivity index is 1.76. The minimum Gasteiger partial charge on any atom is -0.480 e. The van der Waals surface area contributed by atoms with E-state index in [4.69, 9.17) is 13.2 Å². The van der Waals surface area contributed by atoms with Gasteiger partial charge in [-0.3, -0.25) is 4.79 Å². The van der Waals surface area contributed by atoms with Gasteiger partial charge < -0.3 is 18.3 Å². The maximum Gasteiger partial charge on any atom is 0.344 e. The van der Waals surface area contributed by atoms with Crippen molar-refractivity contribution in [3.8, 4) is 5.75 Å². The number of hydrogen-bond donors (Lipinski definition) is 2. The first-order valence-corrected chi connectivity index (χ1v) is 12.4. The standard InChI is InChI=1S/C19H21N3O9S2/c1-10-17(12(3)29-20-10)32(25,26)22-16(19(23)24)9-14-5-7-15(8-6-14)31-33(27,28)18-11(2)21-30-13(18)4/h5-8,16,22H,9H2,1-4H3,(H,23,24). The molecule has 3 rings (SSSR count). The number of hydrogen-bond acceptors (Lipinski definition) is 10. The molecule has 1 atom stereocenters. The van der Waals surface area contributed by atoms with E-state index in [2.05, 4.69) is 15.0 Å². The molecule has 0 aliphatic heterocycles. The molecule has 33 heavy (non-hydrogen) atoms. The lowest BCUT2D eigenvalue weighted by molar-refractivity contribution is -0.138. The van der Waals surface area contributed by atoms with Gasteiger partial charge in [0.1, 0.15) is 28.1 Å². The van der Waals surface area contributed by atoms with Gasteiger partial charge in [0, 0.05) is 0 Å². The second kappa shape index (κ2) is 8.96. The van der Waals surface area contributed by atoms with Crippen LogP contribution in [0.1, 0.15) is 28.5 Å². The van der Waals surface area contributed by atoms with Crippen molar-refractivity contribution in [2.24, 2.45) is 0 Å². The van der Waals surface area contributed by atoms with E-state index in [0.29, 0.717) is 5.56 Å². The van der Waals surface area contributed by atoms with E-state index in [9.17, 15) is 26.7 Å². The molecule has 14 heteroatoms. The second-order valence-corrected chi connectivity index (χ2v) is 10.3. The number of aliphatic carboxylic acids is 1. The highest BCUT2D eigenvalue weighted by molar-refractivity contribution is 7.89. The molecule has 0 saturated heterocycles. The normalized spacial score (nSPS) is 13.1. The molecule has 1 aromatic carbocycles. The third-order valence-corrected chi connectivity index (χ3v) is 7.83. The van der Waals surface area contributed by atoms with Gasteiger partial charge in [-0.1, -0.05) is 22.4 Å². The number of aromatic nitrogens is 2. The topological polar surface area (TPSA) is 179 Å². The molecular formula is C19H21N3O9S2. The first-order chi connectivity index (χ1) is 15.3. The first-order valence-electron chi connectivity index (χ1n) is 9.46. The zero-order valence-corrected chi connectivity index (χ0v) is 19.7. The molecule has 0 saturated carbocycles. The number of carbonyl (C=O) groups is 1. The lowest BCUT2D eigenvalue weighted by Crippen LogP contribution is -2.42. The van der Waals surface area contributed by atoms with Crippen molar-refractivity contribution in [2.45, 2.75) is 49.9 Å². The molecule has 0 radical (unpaired) electrons. The van der Waals surface area contributed by atoms with Crippen molar-refractivity contribution in [3.05, 3.63) is 52.7 Å². The smallest absolute Gasteiger partial charge is 0.344 e. The van der Waals surface area contributed by atoms with E-state index in [-0.39, 0.29) is 44.9 Å². The van der Waals surface area contributed by atoms with Crippen molar-refractivity contribution in [2.75, 3.05) is 0 Å². The lowest BCUT2D eigenvalue weighted by Gasteiger charge is -2.15. The Morgan fingerprint density at radius 3 is 1.94 bits per heavy atom. The van der Waals surface area contributed by atoms with Gasteiger partial charge in [-0.15, -0.1) is 0 Å². The fourth-order valence-corrected chi connectivity index (χ4v) is 5.96. The van der Waals surface area contributed by atoms with Gasteiger partial charge in [-0.25, -0.2) is 8.42 Å². The number of sulfonamides is 1. The summed E-state index contributed by atoms with van der Waals surface area (Å²) in [5.41, 5.74) is 0.676. The zero-order valence-electron chi connectivity index (χ0n) is 18.0. The number of rotatable bonds is 9. The summed E-state index contributed by atoms with van der Waals surface area (Å²) < 4.78 is 67.2. The summed E-state index contributed by atoms with van der Waals surface area (Å²) in [7, 11) is -8.41. The average Bonchev–Trinajstić information content (AvgIpc) is 3.23. The van der Waals surface area contributed by atoms with Gasteiger partial charge in [-0.05, 0) is 51.8 Å². The molecule has 12 nitrogen and oxygen atoms in total. The van der Waals surface area contributed by atoms with Gasteiger partial charge in [0.25, 0.3) is 0 Å². The van der Waals surface area contributed by atoms with Gasteiger partial charge in [0.15, 0.2) is 16.4 Å². The first kappa shape index (κ1) is 24.4. The zero-order chi connectivity index (χ0) is 24.6. The van der Waals surface area contributed by atoms with Crippen LogP contribution in [0.5, 0.6) is 5.75 Å². The Morgan fingerprint density at radius 1 is 0.970 bits per heavy atom. The summed E-state index contributed by atoms with van der Waals surface area (Å²) in [5, 5.41) is 16.7. The summed E-state index contributed by atoms with van der Waals surface area (Å²) in [6.45, 7) is 5.73. The maximum atomic E-state index is 12.6. The van der Waals surface area contributed by atoms with E-state index < -0.39 is 32.2 Å². The van der Waals surface area contributed by atoms with Crippen LogP contribution >= 0.6 is 0 Å². The third kappa shape index (κ3) is 5.23. The number of nitrogens with zero attached hydrogens (tertiary/aromatic N) is 2. The molecule has 2 N–H and O–H groups in total. The van der Waals surface area contributed by atoms with Crippen molar-refractivity contribution in [1.82, 2.24) is 15.0 Å². The van der Waals surface area contributed by atoms with Crippen LogP contribution in [-0.4, -0.2) is 44.3 Å². The van der Waals surface area contributed by atoms with E-state index in [0.717, 1.165) is 0 Å². The number of benzene rings is 1. The van der Waals surface area contributed by atoms with Crippen LogP contribution in [0.3, 0.4) is 0 Å². The van der Waals surface area contributed by atoms with Crippen LogP contribution < -0.4 is 8.91 Å². The van der Waals surface area contributed by atoms with Gasteiger partial charge in [-0.2, -0.15) is 13.1 Å². The Labute approximate surface area is 189 Å². The molecule has 178 valence electrons. The second-order valence-electron chi connectivity index (χ2n) is 7.20. The van der Waals surface area contributed by atoms with Crippen LogP contribution in [-0.2, 0) is 31.4 Å². The fourth-order valence-electron chi connectivity index (χ4n) is 3.20. The molecular weight excluding hydrogens is 478 g/mol. The van der Waals surface area contributed by atoms with Crippen molar-refractivity contribution < 1.29 is 40.0 Å². The molecule has 0 bridgehead atoms. The number of carboxylic acid groups (broad SMARTS) is 1. The average molecular weight is 500 g/mol. The minimum atomic E-state index is -4.21. The largest absolute Gasteiger partial charge is 0.480 e. The minimum absolute atomic E-state index is 0.0260. The van der Waals surface area contributed by atoms with Crippen LogP contribution in [0.2, 0.25) is 0 Å². The molecule has 2 heterocycles. The molecule has 0 amide bonds. The Kier molecular flexibility index (Phi) is 6.63. The summed E-state index contributed by atoms with van der Waals surface area (Å²) in [4.78, 5) is 11.3. The molecule has 1 unspecified atom stereocenters. The molecule has 2 aromatic heterocycles. The highest BCUT2D eigenvalue weighted by Crippen LogP contribution is 2.25. The Bertz CT molecular complexity index is 1350. The van der Waals surface area contributed by atoms with Crippen molar-refractivity contribution in [3.63, 3.8) is 0 Å². The van der Waals surface area contributed by atoms with E-state index in [1.165, 1.54) is 52.0 Å². The van der Waals surface area contributed by atoms with Crippen LogP contribution in [0.25, 0.3) is 0 Å².